The van der Waals surface area contributed by atoms with Crippen molar-refractivity contribution in [1.29, 1.82) is 0 Å². The van der Waals surface area contributed by atoms with Crippen molar-refractivity contribution in [3.8, 4) is 5.75 Å². The average molecular weight is 228 g/mol. The molecule has 0 radical (unpaired) electrons. The molecule has 0 atom stereocenters. The molecule has 62 valence electrons. The number of rotatable bonds is 1. The number of aromatic nitrogens is 1. The highest BCUT2D eigenvalue weighted by atomic mass is 79.9. The van der Waals surface area contributed by atoms with Gasteiger partial charge in [-0.05, 0) is 28.1 Å². The lowest BCUT2D eigenvalue weighted by Crippen LogP contribution is -1.82. The highest BCUT2D eigenvalue weighted by Gasteiger charge is 2.08. The average Bonchev–Trinajstić information content (AvgIpc) is 2.54. The van der Waals surface area contributed by atoms with Gasteiger partial charge in [0.15, 0.2) is 17.7 Å². The molecule has 4 heteroatoms. The van der Waals surface area contributed by atoms with E-state index in [1.165, 1.54) is 6.39 Å². The predicted molar refractivity (Wildman–Crippen MR) is 48.3 cm³/mol. The summed E-state index contributed by atoms with van der Waals surface area (Å²) >= 11 is 3.36. The van der Waals surface area contributed by atoms with E-state index < -0.39 is 0 Å². The number of benzene rings is 1. The van der Waals surface area contributed by atoms with E-state index in [-0.39, 0.29) is 0 Å². The monoisotopic (exact) mass is 227 g/mol. The zero-order chi connectivity index (χ0) is 8.55. The summed E-state index contributed by atoms with van der Waals surface area (Å²) in [7, 11) is 1.60. The molecule has 3 nitrogen and oxygen atoms in total. The minimum absolute atomic E-state index is 0.673. The fraction of sp³-hybridized carbons (Fsp3) is 0.125. The summed E-state index contributed by atoms with van der Waals surface area (Å²) in [4.78, 5) is 4.03. The molecule has 0 aliphatic rings. The van der Waals surface area contributed by atoms with Gasteiger partial charge in [-0.15, -0.1) is 0 Å². The Kier molecular flexibility index (Phi) is 1.77. The molecule has 0 spiro atoms. The van der Waals surface area contributed by atoms with Crippen LogP contribution in [0.15, 0.2) is 27.4 Å². The van der Waals surface area contributed by atoms with Gasteiger partial charge >= 0.3 is 0 Å². The largest absolute Gasteiger partial charge is 0.493 e. The molecule has 0 bridgehead atoms. The second kappa shape index (κ2) is 2.79. The number of nitrogens with zero attached hydrogens (tertiary/aromatic N) is 1. The first-order chi connectivity index (χ1) is 5.83. The fourth-order valence-electron chi connectivity index (χ4n) is 1.06. The van der Waals surface area contributed by atoms with Crippen molar-refractivity contribution in [2.75, 3.05) is 7.11 Å². The van der Waals surface area contributed by atoms with E-state index in [0.29, 0.717) is 11.3 Å². The smallest absolute Gasteiger partial charge is 0.197 e. The molecule has 0 fully saturated rings. The maximum absolute atomic E-state index is 5.15. The van der Waals surface area contributed by atoms with Gasteiger partial charge in [-0.2, -0.15) is 0 Å². The molecule has 0 aliphatic carbocycles. The molecule has 1 aromatic heterocycles. The van der Waals surface area contributed by atoms with E-state index in [1.54, 1.807) is 7.11 Å². The van der Waals surface area contributed by atoms with E-state index in [9.17, 15) is 0 Å². The van der Waals surface area contributed by atoms with E-state index in [1.807, 2.05) is 12.1 Å². The Hall–Kier alpha value is -1.03. The third-order valence-corrected chi connectivity index (χ3v) is 2.26. The van der Waals surface area contributed by atoms with Gasteiger partial charge < -0.3 is 9.15 Å². The highest BCUT2D eigenvalue weighted by molar-refractivity contribution is 9.10. The molecule has 1 heterocycles. The van der Waals surface area contributed by atoms with E-state index >= 15 is 0 Å². The van der Waals surface area contributed by atoms with Gasteiger partial charge in [-0.25, -0.2) is 4.98 Å². The number of fused-ring (bicyclic) bond motifs is 1. The Labute approximate surface area is 77.5 Å². The normalized spacial score (nSPS) is 10.5. The van der Waals surface area contributed by atoms with E-state index in [4.69, 9.17) is 9.15 Å². The Balaban J connectivity index is 2.82. The number of methoxy groups -OCH3 is 1. The first-order valence-electron chi connectivity index (χ1n) is 3.38. The number of hydrogen-bond acceptors (Lipinski definition) is 3. The minimum atomic E-state index is 0.673. The molecule has 0 unspecified atom stereocenters. The van der Waals surface area contributed by atoms with Crippen LogP contribution in [-0.2, 0) is 0 Å². The van der Waals surface area contributed by atoms with Crippen LogP contribution in [0.1, 0.15) is 0 Å². The van der Waals surface area contributed by atoms with Crippen molar-refractivity contribution < 1.29 is 9.15 Å². The van der Waals surface area contributed by atoms with Crippen molar-refractivity contribution in [3.05, 3.63) is 23.0 Å². The Morgan fingerprint density at radius 3 is 3.08 bits per heavy atom. The topological polar surface area (TPSA) is 35.3 Å². The zero-order valence-corrected chi connectivity index (χ0v) is 7.96. The van der Waals surface area contributed by atoms with Crippen LogP contribution in [-0.4, -0.2) is 12.1 Å². The van der Waals surface area contributed by atoms with Crippen LogP contribution in [0, 0.1) is 0 Å². The van der Waals surface area contributed by atoms with E-state index in [0.717, 1.165) is 9.99 Å². The van der Waals surface area contributed by atoms with Crippen LogP contribution in [0.25, 0.3) is 11.1 Å². The molecule has 2 rings (SSSR count). The zero-order valence-electron chi connectivity index (χ0n) is 6.37. The molecule has 12 heavy (non-hydrogen) atoms. The summed E-state index contributed by atoms with van der Waals surface area (Å²) in [5.41, 5.74) is 1.46. The summed E-state index contributed by atoms with van der Waals surface area (Å²) in [5.74, 6) is 0.700. The number of oxazole rings is 1. The summed E-state index contributed by atoms with van der Waals surface area (Å²) < 4.78 is 11.2. The Bertz CT molecular complexity index is 410. The maximum Gasteiger partial charge on any atom is 0.197 e. The van der Waals surface area contributed by atoms with Gasteiger partial charge in [0.2, 0.25) is 0 Å². The predicted octanol–water partition coefficient (Wildman–Crippen LogP) is 2.60. The SMILES string of the molecule is COc1ccc(Br)c2ncoc12. The molecule has 1 aromatic carbocycles. The quantitative estimate of drug-likeness (QED) is 0.752. The lowest BCUT2D eigenvalue weighted by atomic mass is 10.3. The summed E-state index contributed by atoms with van der Waals surface area (Å²) in [5, 5.41) is 0. The van der Waals surface area contributed by atoms with Crippen molar-refractivity contribution in [2.45, 2.75) is 0 Å². The lowest BCUT2D eigenvalue weighted by molar-refractivity contribution is 0.410. The van der Waals surface area contributed by atoms with Crippen LogP contribution in [0.3, 0.4) is 0 Å². The van der Waals surface area contributed by atoms with Crippen molar-refractivity contribution in [2.24, 2.45) is 0 Å². The van der Waals surface area contributed by atoms with Crippen LogP contribution in [0.4, 0.5) is 0 Å². The van der Waals surface area contributed by atoms with Gasteiger partial charge in [0, 0.05) is 4.47 Å². The standard InChI is InChI=1S/C8H6BrNO2/c1-11-6-3-2-5(9)7-8(6)12-4-10-7/h2-4H,1H3. The van der Waals surface area contributed by atoms with Crippen molar-refractivity contribution in [1.82, 2.24) is 4.98 Å². The molecule has 0 N–H and O–H groups in total. The molecular weight excluding hydrogens is 222 g/mol. The van der Waals surface area contributed by atoms with Gasteiger partial charge in [-0.1, -0.05) is 0 Å². The maximum atomic E-state index is 5.15. The molecule has 0 amide bonds. The molecule has 0 aliphatic heterocycles. The Morgan fingerprint density at radius 1 is 1.50 bits per heavy atom. The van der Waals surface area contributed by atoms with Crippen molar-refractivity contribution >= 4 is 27.0 Å². The minimum Gasteiger partial charge on any atom is -0.493 e. The number of ether oxygens (including phenoxy) is 1. The molecule has 2 aromatic rings. The van der Waals surface area contributed by atoms with Gasteiger partial charge in [-0.3, -0.25) is 0 Å². The lowest BCUT2D eigenvalue weighted by Gasteiger charge is -1.99. The first-order valence-corrected chi connectivity index (χ1v) is 4.18. The highest BCUT2D eigenvalue weighted by Crippen LogP contribution is 2.30. The van der Waals surface area contributed by atoms with Crippen molar-refractivity contribution in [3.63, 3.8) is 0 Å². The summed E-state index contributed by atoms with van der Waals surface area (Å²) in [6, 6.07) is 3.71. The van der Waals surface area contributed by atoms with Crippen LogP contribution < -0.4 is 4.74 Å². The fourth-order valence-corrected chi connectivity index (χ4v) is 1.47. The van der Waals surface area contributed by atoms with Gasteiger partial charge in [0.25, 0.3) is 0 Å². The summed E-state index contributed by atoms with van der Waals surface area (Å²) in [6.07, 6.45) is 1.40. The Morgan fingerprint density at radius 2 is 2.33 bits per heavy atom. The molecule has 0 saturated heterocycles. The van der Waals surface area contributed by atoms with Gasteiger partial charge in [0.05, 0.1) is 7.11 Å². The van der Waals surface area contributed by atoms with Crippen LogP contribution in [0.5, 0.6) is 5.75 Å². The first kappa shape index (κ1) is 7.61. The molecular formula is C8H6BrNO2. The summed E-state index contributed by atoms with van der Waals surface area (Å²) in [6.45, 7) is 0. The molecule has 0 saturated carbocycles. The number of halogens is 1. The van der Waals surface area contributed by atoms with E-state index in [2.05, 4.69) is 20.9 Å². The third-order valence-electron chi connectivity index (χ3n) is 1.62. The third kappa shape index (κ3) is 0.992. The van der Waals surface area contributed by atoms with Gasteiger partial charge in [0.1, 0.15) is 5.52 Å². The second-order valence-electron chi connectivity index (χ2n) is 2.28. The van der Waals surface area contributed by atoms with Crippen LogP contribution >= 0.6 is 15.9 Å². The number of hydrogen-bond donors (Lipinski definition) is 0. The van der Waals surface area contributed by atoms with Crippen LogP contribution in [0.2, 0.25) is 0 Å². The second-order valence-corrected chi connectivity index (χ2v) is 3.13.